The molecule has 0 aliphatic heterocycles. The molecule has 1 amide bonds. The van der Waals surface area contributed by atoms with Crippen molar-refractivity contribution in [1.29, 1.82) is 0 Å². The molecule has 0 saturated heterocycles. The van der Waals surface area contributed by atoms with Gasteiger partial charge in [0, 0.05) is 37.0 Å². The highest BCUT2D eigenvalue weighted by Gasteiger charge is 2.12. The molecule has 0 aliphatic rings. The summed E-state index contributed by atoms with van der Waals surface area (Å²) in [5.41, 5.74) is 3.52. The van der Waals surface area contributed by atoms with Gasteiger partial charge < -0.3 is 10.1 Å². The van der Waals surface area contributed by atoms with Crippen molar-refractivity contribution in [1.82, 2.24) is 35.3 Å². The van der Waals surface area contributed by atoms with E-state index < -0.39 is 0 Å². The van der Waals surface area contributed by atoms with E-state index in [0.717, 1.165) is 17.0 Å². The van der Waals surface area contributed by atoms with Crippen LogP contribution < -0.4 is 10.1 Å². The maximum absolute atomic E-state index is 12.5. The Morgan fingerprint density at radius 2 is 2.11 bits per heavy atom. The first kappa shape index (κ1) is 18.6. The zero-order chi connectivity index (χ0) is 19.4. The van der Waals surface area contributed by atoms with Crippen molar-refractivity contribution in [3.63, 3.8) is 0 Å². The first-order valence-corrected chi connectivity index (χ1v) is 8.74. The predicted molar refractivity (Wildman–Crippen MR) is 98.1 cm³/mol. The summed E-state index contributed by atoms with van der Waals surface area (Å²) in [7, 11) is 1.89. The number of aromatic nitrogens is 6. The number of carbonyl (C=O) groups is 1. The molecule has 3 rings (SSSR count). The number of nitrogens with zero attached hydrogens (tertiary/aromatic N) is 6. The van der Waals surface area contributed by atoms with Crippen LogP contribution in [0, 0.1) is 13.8 Å². The van der Waals surface area contributed by atoms with Crippen molar-refractivity contribution in [2.75, 3.05) is 0 Å². The maximum atomic E-state index is 12.5. The summed E-state index contributed by atoms with van der Waals surface area (Å²) in [5.74, 6) is 1.05. The van der Waals surface area contributed by atoms with Crippen molar-refractivity contribution in [3.8, 4) is 5.75 Å². The Labute approximate surface area is 157 Å². The van der Waals surface area contributed by atoms with Crippen LogP contribution in [-0.4, -0.2) is 35.9 Å². The highest BCUT2D eigenvalue weighted by atomic mass is 16.5. The number of benzene rings is 1. The molecule has 9 heteroatoms. The zero-order valence-corrected chi connectivity index (χ0v) is 15.9. The predicted octanol–water partition coefficient (Wildman–Crippen LogP) is 1.55. The van der Waals surface area contributed by atoms with Gasteiger partial charge in [-0.2, -0.15) is 5.10 Å². The summed E-state index contributed by atoms with van der Waals surface area (Å²) in [6.07, 6.45) is 0. The third-order valence-electron chi connectivity index (χ3n) is 4.45. The molecule has 1 aromatic carbocycles. The van der Waals surface area contributed by atoms with Crippen LogP contribution in [0.5, 0.6) is 5.75 Å². The fraction of sp³-hybridized carbons (Fsp3) is 0.389. The van der Waals surface area contributed by atoms with Crippen LogP contribution >= 0.6 is 0 Å². The lowest BCUT2D eigenvalue weighted by atomic mass is 10.1. The molecule has 0 spiro atoms. The van der Waals surface area contributed by atoms with Gasteiger partial charge in [0.15, 0.2) is 5.82 Å². The molecule has 1 N–H and O–H groups in total. The van der Waals surface area contributed by atoms with Crippen molar-refractivity contribution < 1.29 is 9.53 Å². The van der Waals surface area contributed by atoms with Gasteiger partial charge in [0.05, 0.1) is 5.69 Å². The molecule has 0 aliphatic carbocycles. The van der Waals surface area contributed by atoms with E-state index in [9.17, 15) is 4.79 Å². The van der Waals surface area contributed by atoms with E-state index in [1.807, 2.05) is 32.5 Å². The number of ether oxygens (including phenoxy) is 1. The minimum atomic E-state index is -0.165. The summed E-state index contributed by atoms with van der Waals surface area (Å²) in [6.45, 7) is 7.21. The van der Waals surface area contributed by atoms with Gasteiger partial charge in [-0.05, 0) is 49.4 Å². The standard InChI is InChI=1S/C18H23N7O2/c1-5-25-17(20-22-23-25)11-27-15-8-6-7-14(9-15)18(26)19-10-16-12(2)21-24(4)13(16)3/h6-9H,5,10-11H2,1-4H3,(H,19,26). The van der Waals surface area contributed by atoms with Crippen LogP contribution in [0.4, 0.5) is 0 Å². The largest absolute Gasteiger partial charge is 0.486 e. The Morgan fingerprint density at radius 1 is 1.30 bits per heavy atom. The smallest absolute Gasteiger partial charge is 0.251 e. The monoisotopic (exact) mass is 369 g/mol. The normalized spacial score (nSPS) is 10.8. The number of amides is 1. The number of rotatable bonds is 7. The Hall–Kier alpha value is -3.23. The van der Waals surface area contributed by atoms with Crippen molar-refractivity contribution in [2.45, 2.75) is 40.5 Å². The molecule has 2 heterocycles. The van der Waals surface area contributed by atoms with Gasteiger partial charge in [-0.3, -0.25) is 9.48 Å². The lowest BCUT2D eigenvalue weighted by Gasteiger charge is -2.09. The molecule has 9 nitrogen and oxygen atoms in total. The molecule has 2 aromatic heterocycles. The molecule has 0 bridgehead atoms. The van der Waals surface area contributed by atoms with Gasteiger partial charge >= 0.3 is 0 Å². The van der Waals surface area contributed by atoms with E-state index in [1.165, 1.54) is 0 Å². The van der Waals surface area contributed by atoms with E-state index in [1.54, 1.807) is 28.9 Å². The minimum Gasteiger partial charge on any atom is -0.486 e. The molecule has 0 fully saturated rings. The van der Waals surface area contributed by atoms with Gasteiger partial charge in [0.25, 0.3) is 5.91 Å². The summed E-state index contributed by atoms with van der Waals surface area (Å²) in [6, 6.07) is 7.04. The Bertz CT molecular complexity index is 945. The lowest BCUT2D eigenvalue weighted by Crippen LogP contribution is -2.23. The second-order valence-electron chi connectivity index (χ2n) is 6.18. The third-order valence-corrected chi connectivity index (χ3v) is 4.45. The van der Waals surface area contributed by atoms with E-state index in [0.29, 0.717) is 30.2 Å². The van der Waals surface area contributed by atoms with E-state index in [4.69, 9.17) is 4.74 Å². The number of hydrogen-bond acceptors (Lipinski definition) is 6. The van der Waals surface area contributed by atoms with E-state index in [2.05, 4.69) is 25.9 Å². The molecule has 3 aromatic rings. The van der Waals surface area contributed by atoms with Crippen LogP contribution in [-0.2, 0) is 26.7 Å². The summed E-state index contributed by atoms with van der Waals surface area (Å²) in [5, 5.41) is 18.7. The van der Waals surface area contributed by atoms with Gasteiger partial charge in [0.1, 0.15) is 12.4 Å². The fourth-order valence-corrected chi connectivity index (χ4v) is 2.79. The van der Waals surface area contributed by atoms with Crippen LogP contribution in [0.3, 0.4) is 0 Å². The SMILES string of the molecule is CCn1nnnc1COc1cccc(C(=O)NCc2c(C)nn(C)c2C)c1. The first-order valence-electron chi connectivity index (χ1n) is 8.74. The van der Waals surface area contributed by atoms with Gasteiger partial charge in [-0.15, -0.1) is 5.10 Å². The average Bonchev–Trinajstić information content (AvgIpc) is 3.22. The zero-order valence-electron chi connectivity index (χ0n) is 15.9. The number of tetrazole rings is 1. The topological polar surface area (TPSA) is 99.8 Å². The minimum absolute atomic E-state index is 0.165. The van der Waals surface area contributed by atoms with Crippen molar-refractivity contribution in [2.24, 2.45) is 7.05 Å². The third kappa shape index (κ3) is 4.13. The van der Waals surface area contributed by atoms with Gasteiger partial charge in [0.2, 0.25) is 0 Å². The summed E-state index contributed by atoms with van der Waals surface area (Å²) in [4.78, 5) is 12.5. The lowest BCUT2D eigenvalue weighted by molar-refractivity contribution is 0.0950. The quantitative estimate of drug-likeness (QED) is 0.678. The first-order chi connectivity index (χ1) is 13.0. The fourth-order valence-electron chi connectivity index (χ4n) is 2.79. The van der Waals surface area contributed by atoms with Crippen LogP contribution in [0.2, 0.25) is 0 Å². The highest BCUT2D eigenvalue weighted by molar-refractivity contribution is 5.94. The molecule has 0 atom stereocenters. The number of aryl methyl sites for hydroxylation is 3. The average molecular weight is 369 g/mol. The van der Waals surface area contributed by atoms with Gasteiger partial charge in [-0.25, -0.2) is 4.68 Å². The highest BCUT2D eigenvalue weighted by Crippen LogP contribution is 2.16. The Kier molecular flexibility index (Phi) is 5.49. The van der Waals surface area contributed by atoms with Crippen LogP contribution in [0.25, 0.3) is 0 Å². The Morgan fingerprint density at radius 3 is 2.81 bits per heavy atom. The number of carbonyl (C=O) groups excluding carboxylic acids is 1. The second kappa shape index (κ2) is 7.98. The van der Waals surface area contributed by atoms with Crippen molar-refractivity contribution in [3.05, 3.63) is 52.6 Å². The van der Waals surface area contributed by atoms with E-state index in [-0.39, 0.29) is 12.5 Å². The molecular weight excluding hydrogens is 346 g/mol. The molecular formula is C18H23N7O2. The van der Waals surface area contributed by atoms with Crippen LogP contribution in [0.15, 0.2) is 24.3 Å². The number of hydrogen-bond donors (Lipinski definition) is 1. The Balaban J connectivity index is 1.63. The molecule has 27 heavy (non-hydrogen) atoms. The second-order valence-corrected chi connectivity index (χ2v) is 6.18. The molecule has 0 saturated carbocycles. The van der Waals surface area contributed by atoms with Crippen molar-refractivity contribution >= 4 is 5.91 Å². The number of nitrogens with one attached hydrogen (secondary N) is 1. The van der Waals surface area contributed by atoms with Gasteiger partial charge in [-0.1, -0.05) is 6.07 Å². The van der Waals surface area contributed by atoms with E-state index >= 15 is 0 Å². The van der Waals surface area contributed by atoms with Crippen LogP contribution in [0.1, 0.15) is 40.1 Å². The summed E-state index contributed by atoms with van der Waals surface area (Å²) >= 11 is 0. The summed E-state index contributed by atoms with van der Waals surface area (Å²) < 4.78 is 9.21. The molecule has 0 radical (unpaired) electrons. The molecule has 0 unspecified atom stereocenters. The maximum Gasteiger partial charge on any atom is 0.251 e. The molecule has 142 valence electrons.